The van der Waals surface area contributed by atoms with Crippen molar-refractivity contribution in [3.8, 4) is 11.6 Å². The lowest BCUT2D eigenvalue weighted by Crippen LogP contribution is -2.05. The number of hydrogen-bond donors (Lipinski definition) is 1. The van der Waals surface area contributed by atoms with Crippen molar-refractivity contribution in [2.45, 2.75) is 13.0 Å². The number of nitrogens with zero attached hydrogens (tertiary/aromatic N) is 2. The van der Waals surface area contributed by atoms with Gasteiger partial charge in [-0.15, -0.1) is 0 Å². The molecule has 0 aliphatic rings. The monoisotopic (exact) mass is 259 g/mol. The molecule has 0 bridgehead atoms. The summed E-state index contributed by atoms with van der Waals surface area (Å²) in [5.74, 6) is 0.436. The van der Waals surface area contributed by atoms with Crippen molar-refractivity contribution in [2.24, 2.45) is 5.73 Å². The lowest BCUT2D eigenvalue weighted by atomic mass is 10.1. The van der Waals surface area contributed by atoms with Crippen LogP contribution in [0.2, 0.25) is 0 Å². The Morgan fingerprint density at radius 2 is 2.11 bits per heavy atom. The number of aromatic nitrogens is 1. The molecule has 0 aliphatic carbocycles. The van der Waals surface area contributed by atoms with Crippen molar-refractivity contribution >= 4 is 5.69 Å². The van der Waals surface area contributed by atoms with Gasteiger partial charge < -0.3 is 10.5 Å². The van der Waals surface area contributed by atoms with Crippen molar-refractivity contribution < 1.29 is 9.66 Å². The van der Waals surface area contributed by atoms with E-state index in [0.29, 0.717) is 0 Å². The number of benzene rings is 1. The highest BCUT2D eigenvalue weighted by molar-refractivity contribution is 5.47. The number of nitrogens with two attached hydrogens (primary N) is 1. The van der Waals surface area contributed by atoms with Gasteiger partial charge in [0, 0.05) is 24.4 Å². The van der Waals surface area contributed by atoms with E-state index in [1.807, 2.05) is 6.92 Å². The van der Waals surface area contributed by atoms with Gasteiger partial charge in [0.25, 0.3) is 0 Å². The third kappa shape index (κ3) is 3.05. The van der Waals surface area contributed by atoms with Crippen LogP contribution in [0.4, 0.5) is 5.69 Å². The number of para-hydroxylation sites is 2. The Balaban J connectivity index is 2.31. The van der Waals surface area contributed by atoms with E-state index in [-0.39, 0.29) is 23.4 Å². The second-order valence-electron chi connectivity index (χ2n) is 4.04. The fraction of sp³-hybridized carbons (Fsp3) is 0.154. The van der Waals surface area contributed by atoms with Crippen LogP contribution in [-0.4, -0.2) is 9.91 Å². The number of ether oxygens (including phenoxy) is 1. The highest BCUT2D eigenvalue weighted by Gasteiger charge is 2.15. The smallest absolute Gasteiger partial charge is 0.311 e. The van der Waals surface area contributed by atoms with Crippen molar-refractivity contribution in [1.82, 2.24) is 4.98 Å². The third-order valence-corrected chi connectivity index (χ3v) is 2.56. The van der Waals surface area contributed by atoms with Crippen LogP contribution in [0.3, 0.4) is 0 Å². The molecular formula is C13H13N3O3. The zero-order valence-corrected chi connectivity index (χ0v) is 10.3. The minimum absolute atomic E-state index is 0.101. The highest BCUT2D eigenvalue weighted by atomic mass is 16.6. The molecule has 0 spiro atoms. The second kappa shape index (κ2) is 5.45. The third-order valence-electron chi connectivity index (χ3n) is 2.56. The fourth-order valence-electron chi connectivity index (χ4n) is 1.57. The van der Waals surface area contributed by atoms with Gasteiger partial charge in [-0.25, -0.2) is 4.98 Å². The maximum atomic E-state index is 10.9. The number of hydrogen-bond acceptors (Lipinski definition) is 5. The predicted molar refractivity (Wildman–Crippen MR) is 70.0 cm³/mol. The van der Waals surface area contributed by atoms with Crippen LogP contribution in [0.5, 0.6) is 11.6 Å². The first kappa shape index (κ1) is 13.0. The Hall–Kier alpha value is -2.47. The summed E-state index contributed by atoms with van der Waals surface area (Å²) in [5, 5.41) is 10.9. The van der Waals surface area contributed by atoms with Crippen LogP contribution in [-0.2, 0) is 0 Å². The molecule has 0 unspecified atom stereocenters. The molecule has 2 aromatic rings. The molecule has 0 saturated carbocycles. The summed E-state index contributed by atoms with van der Waals surface area (Å²) in [6.07, 6.45) is 1.56. The molecule has 0 amide bonds. The number of rotatable bonds is 4. The normalized spacial score (nSPS) is 11.9. The molecule has 2 N–H and O–H groups in total. The van der Waals surface area contributed by atoms with Crippen molar-refractivity contribution in [1.29, 1.82) is 0 Å². The van der Waals surface area contributed by atoms with Gasteiger partial charge in [0.15, 0.2) is 0 Å². The van der Waals surface area contributed by atoms with Gasteiger partial charge in [-0.3, -0.25) is 10.1 Å². The topological polar surface area (TPSA) is 91.3 Å². The van der Waals surface area contributed by atoms with E-state index in [0.717, 1.165) is 5.56 Å². The molecule has 1 aromatic carbocycles. The quantitative estimate of drug-likeness (QED) is 0.673. The summed E-state index contributed by atoms with van der Waals surface area (Å²) in [6, 6.07) is 9.44. The first-order chi connectivity index (χ1) is 9.08. The van der Waals surface area contributed by atoms with E-state index in [1.165, 1.54) is 12.1 Å². The van der Waals surface area contributed by atoms with Gasteiger partial charge in [-0.1, -0.05) is 12.1 Å². The van der Waals surface area contributed by atoms with E-state index in [1.54, 1.807) is 30.5 Å². The van der Waals surface area contributed by atoms with E-state index in [2.05, 4.69) is 4.98 Å². The molecule has 1 aromatic heterocycles. The standard InChI is InChI=1S/C13H13N3O3/c1-9(14)10-6-7-15-13(8-10)19-12-5-3-2-4-11(12)16(17)18/h2-9H,14H2,1H3/t9-/m1/s1. The molecule has 1 heterocycles. The Morgan fingerprint density at radius 3 is 2.79 bits per heavy atom. The molecule has 0 fully saturated rings. The summed E-state index contributed by atoms with van der Waals surface area (Å²) in [4.78, 5) is 14.4. The lowest BCUT2D eigenvalue weighted by Gasteiger charge is -2.08. The number of pyridine rings is 1. The van der Waals surface area contributed by atoms with Crippen LogP contribution in [0, 0.1) is 10.1 Å². The molecule has 6 nitrogen and oxygen atoms in total. The molecular weight excluding hydrogens is 246 g/mol. The van der Waals surface area contributed by atoms with Gasteiger partial charge in [0.05, 0.1) is 4.92 Å². The SMILES string of the molecule is C[C@@H](N)c1ccnc(Oc2ccccc2[N+](=O)[O-])c1. The van der Waals surface area contributed by atoms with E-state index >= 15 is 0 Å². The van der Waals surface area contributed by atoms with E-state index < -0.39 is 4.92 Å². The average molecular weight is 259 g/mol. The molecule has 98 valence electrons. The summed E-state index contributed by atoms with van der Waals surface area (Å²) in [5.41, 5.74) is 6.51. The van der Waals surface area contributed by atoms with Crippen LogP contribution in [0.15, 0.2) is 42.6 Å². The van der Waals surface area contributed by atoms with Gasteiger partial charge in [0.1, 0.15) is 0 Å². The largest absolute Gasteiger partial charge is 0.432 e. The average Bonchev–Trinajstić information content (AvgIpc) is 2.39. The minimum atomic E-state index is -0.495. The lowest BCUT2D eigenvalue weighted by molar-refractivity contribution is -0.385. The molecule has 0 saturated heterocycles. The first-order valence-corrected chi connectivity index (χ1v) is 5.70. The Bertz CT molecular complexity index is 599. The van der Waals surface area contributed by atoms with Gasteiger partial charge >= 0.3 is 5.69 Å². The summed E-state index contributed by atoms with van der Waals surface area (Å²) >= 11 is 0. The van der Waals surface area contributed by atoms with Crippen LogP contribution >= 0.6 is 0 Å². The van der Waals surface area contributed by atoms with E-state index in [9.17, 15) is 10.1 Å². The fourth-order valence-corrected chi connectivity index (χ4v) is 1.57. The predicted octanol–water partition coefficient (Wildman–Crippen LogP) is 2.80. The van der Waals surface area contributed by atoms with Crippen LogP contribution in [0.1, 0.15) is 18.5 Å². The highest BCUT2D eigenvalue weighted by Crippen LogP contribution is 2.30. The van der Waals surface area contributed by atoms with Gasteiger partial charge in [0.2, 0.25) is 11.6 Å². The number of nitro groups is 1. The molecule has 2 rings (SSSR count). The Morgan fingerprint density at radius 1 is 1.37 bits per heavy atom. The summed E-state index contributed by atoms with van der Waals surface area (Å²) in [6.45, 7) is 1.84. The summed E-state index contributed by atoms with van der Waals surface area (Å²) < 4.78 is 5.45. The Labute approximate surface area is 110 Å². The zero-order chi connectivity index (χ0) is 13.8. The molecule has 1 atom stereocenters. The van der Waals surface area contributed by atoms with Gasteiger partial charge in [-0.2, -0.15) is 0 Å². The summed E-state index contributed by atoms with van der Waals surface area (Å²) in [7, 11) is 0. The molecule has 0 aliphatic heterocycles. The molecule has 19 heavy (non-hydrogen) atoms. The molecule has 6 heteroatoms. The van der Waals surface area contributed by atoms with Gasteiger partial charge in [-0.05, 0) is 24.6 Å². The Kier molecular flexibility index (Phi) is 3.72. The number of nitro benzene ring substituents is 1. The molecule has 0 radical (unpaired) electrons. The van der Waals surface area contributed by atoms with Crippen molar-refractivity contribution in [3.63, 3.8) is 0 Å². The van der Waals surface area contributed by atoms with Crippen molar-refractivity contribution in [2.75, 3.05) is 0 Å². The van der Waals surface area contributed by atoms with Crippen LogP contribution < -0.4 is 10.5 Å². The minimum Gasteiger partial charge on any atom is -0.432 e. The van der Waals surface area contributed by atoms with Crippen molar-refractivity contribution in [3.05, 3.63) is 58.3 Å². The van der Waals surface area contributed by atoms with Crippen LogP contribution in [0.25, 0.3) is 0 Å². The maximum Gasteiger partial charge on any atom is 0.311 e. The first-order valence-electron chi connectivity index (χ1n) is 5.70. The maximum absolute atomic E-state index is 10.9. The zero-order valence-electron chi connectivity index (χ0n) is 10.3. The van der Waals surface area contributed by atoms with E-state index in [4.69, 9.17) is 10.5 Å². The second-order valence-corrected chi connectivity index (χ2v) is 4.04.